The lowest BCUT2D eigenvalue weighted by Crippen LogP contribution is -2.38. The van der Waals surface area contributed by atoms with E-state index < -0.39 is 0 Å². The number of aliphatic imine (C=N–C) groups is 1. The van der Waals surface area contributed by atoms with E-state index in [4.69, 9.17) is 4.74 Å². The highest BCUT2D eigenvalue weighted by Crippen LogP contribution is 2.21. The van der Waals surface area contributed by atoms with Crippen LogP contribution in [0.5, 0.6) is 0 Å². The zero-order valence-electron chi connectivity index (χ0n) is 12.7. The number of hydrogen-bond donors (Lipinski definition) is 2. The largest absolute Gasteiger partial charge is 0.383 e. The Labute approximate surface area is 152 Å². The van der Waals surface area contributed by atoms with Gasteiger partial charge in [-0.1, -0.05) is 30.3 Å². The third-order valence-electron chi connectivity index (χ3n) is 2.85. The van der Waals surface area contributed by atoms with Gasteiger partial charge in [-0.3, -0.25) is 4.99 Å². The fraction of sp³-hybridized carbons (Fsp3) is 0.333. The quantitative estimate of drug-likeness (QED) is 0.319. The minimum atomic E-state index is 0. The van der Waals surface area contributed by atoms with Crippen LogP contribution in [0.1, 0.15) is 5.01 Å². The Morgan fingerprint density at radius 3 is 2.73 bits per heavy atom. The van der Waals surface area contributed by atoms with Crippen molar-refractivity contribution in [3.05, 3.63) is 40.7 Å². The molecule has 0 bridgehead atoms. The molecular formula is C15H21IN4OS. The van der Waals surface area contributed by atoms with Crippen LogP contribution in [-0.2, 0) is 11.3 Å². The van der Waals surface area contributed by atoms with Crippen LogP contribution in [0.25, 0.3) is 11.3 Å². The molecule has 0 aliphatic carbocycles. The van der Waals surface area contributed by atoms with E-state index >= 15 is 0 Å². The molecule has 1 aromatic carbocycles. The van der Waals surface area contributed by atoms with Gasteiger partial charge < -0.3 is 15.4 Å². The third-order valence-corrected chi connectivity index (χ3v) is 3.70. The second-order valence-electron chi connectivity index (χ2n) is 4.34. The number of guanidine groups is 1. The Kier molecular flexibility index (Phi) is 9.02. The minimum Gasteiger partial charge on any atom is -0.383 e. The number of aromatic nitrogens is 1. The molecule has 0 saturated carbocycles. The van der Waals surface area contributed by atoms with Gasteiger partial charge in [0.2, 0.25) is 0 Å². The first kappa shape index (κ1) is 18.9. The normalized spacial score (nSPS) is 10.9. The summed E-state index contributed by atoms with van der Waals surface area (Å²) in [5.74, 6) is 0.753. The van der Waals surface area contributed by atoms with Crippen LogP contribution in [0.4, 0.5) is 0 Å². The van der Waals surface area contributed by atoms with E-state index in [-0.39, 0.29) is 24.0 Å². The van der Waals surface area contributed by atoms with E-state index in [1.54, 1.807) is 25.5 Å². The molecule has 120 valence electrons. The van der Waals surface area contributed by atoms with E-state index in [9.17, 15) is 0 Å². The molecule has 1 heterocycles. The van der Waals surface area contributed by atoms with Gasteiger partial charge in [0.15, 0.2) is 5.96 Å². The predicted molar refractivity (Wildman–Crippen MR) is 103 cm³/mol. The van der Waals surface area contributed by atoms with Crippen molar-refractivity contribution in [2.75, 3.05) is 27.3 Å². The summed E-state index contributed by atoms with van der Waals surface area (Å²) in [7, 11) is 3.43. The van der Waals surface area contributed by atoms with Gasteiger partial charge in [0.1, 0.15) is 5.01 Å². The molecule has 2 aromatic rings. The molecule has 0 radical (unpaired) electrons. The zero-order chi connectivity index (χ0) is 14.9. The van der Waals surface area contributed by atoms with Gasteiger partial charge in [-0.2, -0.15) is 0 Å². The molecule has 2 N–H and O–H groups in total. The number of halogens is 1. The molecule has 0 aliphatic rings. The molecule has 0 unspecified atom stereocenters. The number of benzene rings is 1. The molecule has 1 aromatic heterocycles. The highest BCUT2D eigenvalue weighted by Gasteiger charge is 2.05. The van der Waals surface area contributed by atoms with E-state index in [1.807, 2.05) is 18.2 Å². The molecule has 5 nitrogen and oxygen atoms in total. The topological polar surface area (TPSA) is 58.5 Å². The number of thiazole rings is 1. The summed E-state index contributed by atoms with van der Waals surface area (Å²) >= 11 is 1.64. The lowest BCUT2D eigenvalue weighted by atomic mass is 10.2. The van der Waals surface area contributed by atoms with E-state index in [0.29, 0.717) is 13.2 Å². The molecule has 7 heteroatoms. The van der Waals surface area contributed by atoms with Crippen molar-refractivity contribution in [2.24, 2.45) is 4.99 Å². The van der Waals surface area contributed by atoms with Crippen LogP contribution in [0.3, 0.4) is 0 Å². The van der Waals surface area contributed by atoms with Crippen molar-refractivity contribution >= 4 is 41.3 Å². The Balaban J connectivity index is 0.00000242. The molecule has 0 amide bonds. The van der Waals surface area contributed by atoms with Gasteiger partial charge in [0.25, 0.3) is 0 Å². The Bertz CT molecular complexity index is 574. The maximum Gasteiger partial charge on any atom is 0.191 e. The first-order chi connectivity index (χ1) is 10.3. The van der Waals surface area contributed by atoms with Gasteiger partial charge in [-0.15, -0.1) is 35.3 Å². The first-order valence-corrected chi connectivity index (χ1v) is 7.64. The summed E-state index contributed by atoms with van der Waals surface area (Å²) in [5.41, 5.74) is 2.15. The van der Waals surface area contributed by atoms with Crippen molar-refractivity contribution in [1.29, 1.82) is 0 Å². The van der Waals surface area contributed by atoms with Crippen molar-refractivity contribution in [3.63, 3.8) is 0 Å². The number of nitrogens with zero attached hydrogens (tertiary/aromatic N) is 2. The van der Waals surface area contributed by atoms with Crippen LogP contribution < -0.4 is 10.6 Å². The van der Waals surface area contributed by atoms with Crippen LogP contribution in [0, 0.1) is 0 Å². The van der Waals surface area contributed by atoms with Crippen molar-refractivity contribution in [3.8, 4) is 11.3 Å². The summed E-state index contributed by atoms with van der Waals surface area (Å²) in [6.45, 7) is 2.03. The highest BCUT2D eigenvalue weighted by molar-refractivity contribution is 14.0. The Morgan fingerprint density at radius 1 is 1.27 bits per heavy atom. The van der Waals surface area contributed by atoms with Gasteiger partial charge in [-0.05, 0) is 0 Å². The summed E-state index contributed by atoms with van der Waals surface area (Å²) < 4.78 is 5.00. The van der Waals surface area contributed by atoms with E-state index in [0.717, 1.165) is 28.8 Å². The number of hydrogen-bond acceptors (Lipinski definition) is 4. The zero-order valence-corrected chi connectivity index (χ0v) is 15.9. The molecule has 0 fully saturated rings. The second kappa shape index (κ2) is 10.5. The predicted octanol–water partition coefficient (Wildman–Crippen LogP) is 2.74. The maximum absolute atomic E-state index is 5.00. The van der Waals surface area contributed by atoms with Crippen LogP contribution in [0.15, 0.2) is 40.7 Å². The summed E-state index contributed by atoms with van der Waals surface area (Å²) in [6, 6.07) is 10.2. The van der Waals surface area contributed by atoms with Gasteiger partial charge in [0.05, 0.1) is 18.8 Å². The fourth-order valence-electron chi connectivity index (χ4n) is 1.79. The standard InChI is InChI=1S/C15H20N4OS.HI/c1-16-15(17-8-9-20-2)18-10-14-19-13(11-21-14)12-6-4-3-5-7-12;/h3-7,11H,8-10H2,1-2H3,(H2,16,17,18);1H. The van der Waals surface area contributed by atoms with E-state index in [1.165, 1.54) is 0 Å². The van der Waals surface area contributed by atoms with Crippen molar-refractivity contribution in [1.82, 2.24) is 15.6 Å². The van der Waals surface area contributed by atoms with Gasteiger partial charge >= 0.3 is 0 Å². The molecule has 0 spiro atoms. The highest BCUT2D eigenvalue weighted by atomic mass is 127. The van der Waals surface area contributed by atoms with Crippen LogP contribution in [-0.4, -0.2) is 38.3 Å². The number of nitrogens with one attached hydrogen (secondary N) is 2. The minimum absolute atomic E-state index is 0. The van der Waals surface area contributed by atoms with Gasteiger partial charge in [-0.25, -0.2) is 4.98 Å². The molecule has 0 atom stereocenters. The van der Waals surface area contributed by atoms with Crippen molar-refractivity contribution in [2.45, 2.75) is 6.54 Å². The average Bonchev–Trinajstić information content (AvgIpc) is 3.00. The molecule has 22 heavy (non-hydrogen) atoms. The average molecular weight is 432 g/mol. The summed E-state index contributed by atoms with van der Waals surface area (Å²) in [4.78, 5) is 8.79. The van der Waals surface area contributed by atoms with Crippen LogP contribution in [0.2, 0.25) is 0 Å². The molecular weight excluding hydrogens is 411 g/mol. The molecule has 2 rings (SSSR count). The van der Waals surface area contributed by atoms with Gasteiger partial charge in [0, 0.05) is 31.6 Å². The van der Waals surface area contributed by atoms with E-state index in [2.05, 4.69) is 38.1 Å². The van der Waals surface area contributed by atoms with Crippen LogP contribution >= 0.6 is 35.3 Å². The summed E-state index contributed by atoms with van der Waals surface area (Å²) in [5, 5.41) is 9.52. The maximum atomic E-state index is 5.00. The smallest absolute Gasteiger partial charge is 0.191 e. The lowest BCUT2D eigenvalue weighted by Gasteiger charge is -2.10. The van der Waals surface area contributed by atoms with Crippen molar-refractivity contribution < 1.29 is 4.74 Å². The summed E-state index contributed by atoms with van der Waals surface area (Å²) in [6.07, 6.45) is 0. The molecule has 0 aliphatic heterocycles. The third kappa shape index (κ3) is 5.90. The lowest BCUT2D eigenvalue weighted by molar-refractivity contribution is 0.203. The Morgan fingerprint density at radius 2 is 2.05 bits per heavy atom. The SMILES string of the molecule is CN=C(NCCOC)NCc1nc(-c2ccccc2)cs1.I. The monoisotopic (exact) mass is 432 g/mol. The number of ether oxygens (including phenoxy) is 1. The fourth-order valence-corrected chi connectivity index (χ4v) is 2.53. The number of rotatable bonds is 6. The Hall–Kier alpha value is -1.19. The first-order valence-electron chi connectivity index (χ1n) is 6.76. The molecule has 0 saturated heterocycles. The number of methoxy groups -OCH3 is 1. The second-order valence-corrected chi connectivity index (χ2v) is 5.28.